The topological polar surface area (TPSA) is 52.7 Å². The molecule has 0 saturated carbocycles. The largest absolute Gasteiger partial charge is 0.352 e. The number of likely N-dealkylation sites (tertiary alicyclic amines) is 2. The van der Waals surface area contributed by atoms with Gasteiger partial charge in [-0.15, -0.1) is 0 Å². The predicted molar refractivity (Wildman–Crippen MR) is 92.1 cm³/mol. The molecule has 1 spiro atoms. The first kappa shape index (κ1) is 18.2. The van der Waals surface area contributed by atoms with E-state index in [4.69, 9.17) is 0 Å². The van der Waals surface area contributed by atoms with Gasteiger partial charge >= 0.3 is 0 Å². The molecule has 2 saturated heterocycles. The molecule has 2 atom stereocenters. The van der Waals surface area contributed by atoms with Gasteiger partial charge in [-0.2, -0.15) is 0 Å². The van der Waals surface area contributed by atoms with E-state index in [1.807, 2.05) is 18.7 Å². The minimum Gasteiger partial charge on any atom is -0.352 e. The molecule has 132 valence electrons. The van der Waals surface area contributed by atoms with Gasteiger partial charge in [0, 0.05) is 30.6 Å². The van der Waals surface area contributed by atoms with Gasteiger partial charge in [0.05, 0.1) is 0 Å². The van der Waals surface area contributed by atoms with Crippen LogP contribution in [0.4, 0.5) is 0 Å². The Morgan fingerprint density at radius 1 is 1.22 bits per heavy atom. The standard InChI is InChI=1S/C18H33N3O2/c1-5-15(4)20-11-6-8-18(10-12-20)9-7-17(23)21(18)13-16(22)19-14(2)3/h14-15H,5-13H2,1-4H3,(H,19,22)/t15-,18+/m0/s1. The van der Waals surface area contributed by atoms with Gasteiger partial charge in [-0.1, -0.05) is 6.92 Å². The number of hydrogen-bond donors (Lipinski definition) is 1. The number of carbonyl (C=O) groups excluding carboxylic acids is 2. The van der Waals surface area contributed by atoms with E-state index in [1.165, 1.54) is 0 Å². The van der Waals surface area contributed by atoms with Crippen molar-refractivity contribution in [3.63, 3.8) is 0 Å². The molecule has 2 amide bonds. The lowest BCUT2D eigenvalue weighted by molar-refractivity contribution is -0.137. The third-order valence-corrected chi connectivity index (χ3v) is 5.60. The molecule has 1 N–H and O–H groups in total. The van der Waals surface area contributed by atoms with E-state index in [-0.39, 0.29) is 29.9 Å². The van der Waals surface area contributed by atoms with Crippen molar-refractivity contribution in [2.75, 3.05) is 19.6 Å². The van der Waals surface area contributed by atoms with Crippen LogP contribution in [0.25, 0.3) is 0 Å². The summed E-state index contributed by atoms with van der Waals surface area (Å²) in [4.78, 5) is 29.0. The summed E-state index contributed by atoms with van der Waals surface area (Å²) in [6.45, 7) is 10.8. The quantitative estimate of drug-likeness (QED) is 0.843. The molecule has 0 unspecified atom stereocenters. The Bertz CT molecular complexity index is 438. The van der Waals surface area contributed by atoms with Gasteiger partial charge in [-0.3, -0.25) is 9.59 Å². The lowest BCUT2D eigenvalue weighted by Gasteiger charge is -2.38. The lowest BCUT2D eigenvalue weighted by atomic mass is 9.87. The van der Waals surface area contributed by atoms with Crippen molar-refractivity contribution in [2.24, 2.45) is 0 Å². The highest BCUT2D eigenvalue weighted by molar-refractivity contribution is 5.87. The van der Waals surface area contributed by atoms with Gasteiger partial charge in [0.2, 0.25) is 11.8 Å². The van der Waals surface area contributed by atoms with Gasteiger partial charge < -0.3 is 15.1 Å². The number of nitrogens with zero attached hydrogens (tertiary/aromatic N) is 2. The molecule has 5 heteroatoms. The molecule has 2 heterocycles. The molecule has 2 aliphatic heterocycles. The second-order valence-electron chi connectivity index (χ2n) is 7.57. The van der Waals surface area contributed by atoms with E-state index in [9.17, 15) is 9.59 Å². The molecule has 0 aromatic carbocycles. The summed E-state index contributed by atoms with van der Waals surface area (Å²) in [5.41, 5.74) is -0.0897. The van der Waals surface area contributed by atoms with Gasteiger partial charge in [0.25, 0.3) is 0 Å². The van der Waals surface area contributed by atoms with Crippen molar-refractivity contribution in [3.8, 4) is 0 Å². The Labute approximate surface area is 140 Å². The fourth-order valence-corrected chi connectivity index (χ4v) is 4.06. The van der Waals surface area contributed by atoms with Crippen molar-refractivity contribution in [1.82, 2.24) is 15.1 Å². The lowest BCUT2D eigenvalue weighted by Crippen LogP contribution is -2.51. The average molecular weight is 323 g/mol. The van der Waals surface area contributed by atoms with E-state index in [0.29, 0.717) is 12.5 Å². The van der Waals surface area contributed by atoms with Crippen molar-refractivity contribution >= 4 is 11.8 Å². The molecule has 23 heavy (non-hydrogen) atoms. The predicted octanol–water partition coefficient (Wildman–Crippen LogP) is 2.16. The number of rotatable bonds is 5. The van der Waals surface area contributed by atoms with E-state index in [0.717, 1.165) is 45.2 Å². The zero-order valence-electron chi connectivity index (χ0n) is 15.2. The van der Waals surface area contributed by atoms with Crippen molar-refractivity contribution in [2.45, 2.75) is 83.8 Å². The van der Waals surface area contributed by atoms with E-state index in [1.54, 1.807) is 0 Å². The Morgan fingerprint density at radius 3 is 2.61 bits per heavy atom. The maximum atomic E-state index is 12.4. The summed E-state index contributed by atoms with van der Waals surface area (Å²) >= 11 is 0. The summed E-state index contributed by atoms with van der Waals surface area (Å²) in [7, 11) is 0. The molecular weight excluding hydrogens is 290 g/mol. The molecule has 0 bridgehead atoms. The second-order valence-corrected chi connectivity index (χ2v) is 7.57. The van der Waals surface area contributed by atoms with Gasteiger partial charge in [0.15, 0.2) is 0 Å². The number of hydrogen-bond acceptors (Lipinski definition) is 3. The maximum absolute atomic E-state index is 12.4. The maximum Gasteiger partial charge on any atom is 0.239 e. The number of nitrogens with one attached hydrogen (secondary N) is 1. The smallest absolute Gasteiger partial charge is 0.239 e. The molecule has 0 radical (unpaired) electrons. The molecule has 0 aromatic heterocycles. The van der Waals surface area contributed by atoms with E-state index in [2.05, 4.69) is 24.1 Å². The Balaban J connectivity index is 2.06. The minimum atomic E-state index is -0.0897. The zero-order valence-corrected chi connectivity index (χ0v) is 15.2. The van der Waals surface area contributed by atoms with Crippen molar-refractivity contribution in [3.05, 3.63) is 0 Å². The van der Waals surface area contributed by atoms with Crippen LogP contribution in [0, 0.1) is 0 Å². The fraction of sp³-hybridized carbons (Fsp3) is 0.889. The van der Waals surface area contributed by atoms with Crippen LogP contribution < -0.4 is 5.32 Å². The van der Waals surface area contributed by atoms with Gasteiger partial charge in [-0.05, 0) is 59.4 Å². The third-order valence-electron chi connectivity index (χ3n) is 5.60. The molecule has 2 aliphatic rings. The monoisotopic (exact) mass is 323 g/mol. The van der Waals surface area contributed by atoms with Crippen LogP contribution in [0.2, 0.25) is 0 Å². The highest BCUT2D eigenvalue weighted by Gasteiger charge is 2.46. The third kappa shape index (κ3) is 4.25. The first-order valence-corrected chi connectivity index (χ1v) is 9.22. The fourth-order valence-electron chi connectivity index (χ4n) is 4.06. The van der Waals surface area contributed by atoms with Crippen LogP contribution in [0.5, 0.6) is 0 Å². The Kier molecular flexibility index (Phi) is 6.06. The molecule has 5 nitrogen and oxygen atoms in total. The van der Waals surface area contributed by atoms with Crippen LogP contribution in [-0.4, -0.2) is 58.9 Å². The molecular formula is C18H33N3O2. The summed E-state index contributed by atoms with van der Waals surface area (Å²) in [5.74, 6) is 0.124. The van der Waals surface area contributed by atoms with Crippen molar-refractivity contribution < 1.29 is 9.59 Å². The van der Waals surface area contributed by atoms with Crippen molar-refractivity contribution in [1.29, 1.82) is 0 Å². The van der Waals surface area contributed by atoms with Crippen LogP contribution in [-0.2, 0) is 9.59 Å². The minimum absolute atomic E-state index is 0.0299. The van der Waals surface area contributed by atoms with Crippen LogP contribution >= 0.6 is 0 Å². The van der Waals surface area contributed by atoms with Crippen LogP contribution in [0.3, 0.4) is 0 Å². The van der Waals surface area contributed by atoms with Crippen LogP contribution in [0.1, 0.15) is 66.2 Å². The molecule has 2 rings (SSSR count). The summed E-state index contributed by atoms with van der Waals surface area (Å²) in [5, 5.41) is 2.92. The van der Waals surface area contributed by atoms with Crippen LogP contribution in [0.15, 0.2) is 0 Å². The summed E-state index contributed by atoms with van der Waals surface area (Å²) < 4.78 is 0. The molecule has 0 aromatic rings. The summed E-state index contributed by atoms with van der Waals surface area (Å²) in [6, 6.07) is 0.714. The number of carbonyl (C=O) groups is 2. The number of amides is 2. The Hall–Kier alpha value is -1.10. The Morgan fingerprint density at radius 2 is 1.96 bits per heavy atom. The van der Waals surface area contributed by atoms with E-state index < -0.39 is 0 Å². The second kappa shape index (κ2) is 7.65. The first-order valence-electron chi connectivity index (χ1n) is 9.22. The molecule has 2 fully saturated rings. The van der Waals surface area contributed by atoms with Gasteiger partial charge in [-0.25, -0.2) is 0 Å². The average Bonchev–Trinajstić information content (AvgIpc) is 2.68. The highest BCUT2D eigenvalue weighted by Crippen LogP contribution is 2.39. The zero-order chi connectivity index (χ0) is 17.0. The summed E-state index contributed by atoms with van der Waals surface area (Å²) in [6.07, 6.45) is 5.80. The highest BCUT2D eigenvalue weighted by atomic mass is 16.2. The SMILES string of the molecule is CC[C@H](C)N1CCC[C@@]2(CCC(=O)N2CC(=O)NC(C)C)CC1. The first-order chi connectivity index (χ1) is 10.9. The normalized spacial score (nSPS) is 27.5. The van der Waals surface area contributed by atoms with E-state index >= 15 is 0 Å². The van der Waals surface area contributed by atoms with Gasteiger partial charge in [0.1, 0.15) is 6.54 Å². The molecule has 0 aliphatic carbocycles.